The van der Waals surface area contributed by atoms with Crippen LogP contribution in [0.4, 0.5) is 0 Å². The summed E-state index contributed by atoms with van der Waals surface area (Å²) >= 11 is 0. The molecule has 0 fully saturated rings. The predicted octanol–water partition coefficient (Wildman–Crippen LogP) is 4.94. The molecule has 0 heterocycles. The lowest BCUT2D eigenvalue weighted by atomic mass is 9.78. The van der Waals surface area contributed by atoms with Crippen molar-refractivity contribution in [3.05, 3.63) is 42.0 Å². The second kappa shape index (κ2) is 6.48. The first-order chi connectivity index (χ1) is 10.0. The fourth-order valence-electron chi connectivity index (χ4n) is 2.80. The van der Waals surface area contributed by atoms with Crippen LogP contribution in [0.15, 0.2) is 36.4 Å². The molecule has 21 heavy (non-hydrogen) atoms. The maximum absolute atomic E-state index is 5.30. The lowest BCUT2D eigenvalue weighted by molar-refractivity contribution is 0.237. The Morgan fingerprint density at radius 2 is 1.71 bits per heavy atom. The molecule has 0 saturated carbocycles. The Balaban J connectivity index is 2.44. The molecule has 0 amide bonds. The van der Waals surface area contributed by atoms with Gasteiger partial charge in [0, 0.05) is 6.04 Å². The van der Waals surface area contributed by atoms with Gasteiger partial charge in [-0.3, -0.25) is 0 Å². The quantitative estimate of drug-likeness (QED) is 0.812. The Labute approximate surface area is 128 Å². The van der Waals surface area contributed by atoms with Gasteiger partial charge >= 0.3 is 0 Å². The molecule has 2 rings (SSSR count). The number of hydrogen-bond acceptors (Lipinski definition) is 2. The molecule has 0 aliphatic carbocycles. The molecule has 0 bridgehead atoms. The summed E-state index contributed by atoms with van der Waals surface area (Å²) in [5, 5.41) is 6.14. The van der Waals surface area contributed by atoms with Crippen LogP contribution in [0.5, 0.6) is 5.75 Å². The van der Waals surface area contributed by atoms with Gasteiger partial charge in [0.25, 0.3) is 0 Å². The molecule has 0 spiro atoms. The molecule has 1 atom stereocenters. The van der Waals surface area contributed by atoms with Crippen LogP contribution in [0.1, 0.15) is 45.7 Å². The van der Waals surface area contributed by atoms with Gasteiger partial charge in [0.05, 0.1) is 7.11 Å². The summed E-state index contributed by atoms with van der Waals surface area (Å²) in [6.45, 7) is 10.1. The average Bonchev–Trinajstić information content (AvgIpc) is 2.51. The van der Waals surface area contributed by atoms with E-state index in [0.717, 1.165) is 18.7 Å². The molecule has 114 valence electrons. The molecule has 0 aliphatic rings. The first-order valence-corrected chi connectivity index (χ1v) is 7.83. The van der Waals surface area contributed by atoms with Crippen LogP contribution in [0.2, 0.25) is 0 Å². The number of nitrogens with one attached hydrogen (secondary N) is 1. The van der Waals surface area contributed by atoms with Gasteiger partial charge < -0.3 is 10.1 Å². The van der Waals surface area contributed by atoms with E-state index in [4.69, 9.17) is 4.74 Å². The largest absolute Gasteiger partial charge is 0.497 e. The van der Waals surface area contributed by atoms with E-state index in [1.165, 1.54) is 16.3 Å². The Morgan fingerprint density at radius 3 is 2.33 bits per heavy atom. The Morgan fingerprint density at radius 1 is 1.05 bits per heavy atom. The first-order valence-electron chi connectivity index (χ1n) is 7.83. The number of rotatable bonds is 6. The van der Waals surface area contributed by atoms with Crippen LogP contribution < -0.4 is 10.1 Å². The number of ether oxygens (including phenoxy) is 1. The number of methoxy groups -OCH3 is 1. The maximum atomic E-state index is 5.30. The molecule has 2 aromatic carbocycles. The van der Waals surface area contributed by atoms with Gasteiger partial charge in [0.2, 0.25) is 0 Å². The smallest absolute Gasteiger partial charge is 0.119 e. The minimum absolute atomic E-state index is 0.232. The molecular formula is C19H27NO. The van der Waals surface area contributed by atoms with Gasteiger partial charge in [0.1, 0.15) is 5.75 Å². The highest BCUT2D eigenvalue weighted by Crippen LogP contribution is 2.37. The lowest BCUT2D eigenvalue weighted by Crippen LogP contribution is -2.33. The van der Waals surface area contributed by atoms with Crippen molar-refractivity contribution in [2.45, 2.75) is 40.2 Å². The number of benzene rings is 2. The Kier molecular flexibility index (Phi) is 4.89. The first kappa shape index (κ1) is 15.8. The zero-order chi connectivity index (χ0) is 15.5. The fourth-order valence-corrected chi connectivity index (χ4v) is 2.80. The van der Waals surface area contributed by atoms with Crippen molar-refractivity contribution >= 4 is 10.8 Å². The molecule has 2 heteroatoms. The highest BCUT2D eigenvalue weighted by Gasteiger charge is 2.28. The highest BCUT2D eigenvalue weighted by molar-refractivity contribution is 5.84. The third-order valence-electron chi connectivity index (χ3n) is 4.51. The van der Waals surface area contributed by atoms with Crippen LogP contribution in [0.3, 0.4) is 0 Å². The van der Waals surface area contributed by atoms with E-state index in [2.05, 4.69) is 63.3 Å². The van der Waals surface area contributed by atoms with Crippen LogP contribution in [0, 0.1) is 5.41 Å². The van der Waals surface area contributed by atoms with E-state index >= 15 is 0 Å². The summed E-state index contributed by atoms with van der Waals surface area (Å²) in [4.78, 5) is 0. The zero-order valence-electron chi connectivity index (χ0n) is 13.9. The zero-order valence-corrected chi connectivity index (χ0v) is 13.9. The Bertz CT molecular complexity index is 604. The lowest BCUT2D eigenvalue weighted by Gasteiger charge is -2.34. The predicted molar refractivity (Wildman–Crippen MR) is 91.0 cm³/mol. The number of hydrogen-bond donors (Lipinski definition) is 1. The molecule has 0 radical (unpaired) electrons. The van der Waals surface area contributed by atoms with E-state index < -0.39 is 0 Å². The van der Waals surface area contributed by atoms with E-state index in [0.29, 0.717) is 6.04 Å². The van der Waals surface area contributed by atoms with Crippen molar-refractivity contribution < 1.29 is 4.74 Å². The van der Waals surface area contributed by atoms with E-state index in [-0.39, 0.29) is 5.41 Å². The summed E-state index contributed by atoms with van der Waals surface area (Å²) in [5.74, 6) is 0.910. The van der Waals surface area contributed by atoms with Crippen LogP contribution in [-0.2, 0) is 0 Å². The summed E-state index contributed by atoms with van der Waals surface area (Å²) < 4.78 is 5.30. The molecule has 0 aromatic heterocycles. The molecule has 1 unspecified atom stereocenters. The van der Waals surface area contributed by atoms with Crippen molar-refractivity contribution in [2.24, 2.45) is 5.41 Å². The van der Waals surface area contributed by atoms with Crippen LogP contribution in [-0.4, -0.2) is 13.7 Å². The van der Waals surface area contributed by atoms with Crippen molar-refractivity contribution in [3.63, 3.8) is 0 Å². The third-order valence-corrected chi connectivity index (χ3v) is 4.51. The maximum Gasteiger partial charge on any atom is 0.119 e. The topological polar surface area (TPSA) is 21.3 Å². The van der Waals surface area contributed by atoms with Gasteiger partial charge in [-0.15, -0.1) is 0 Å². The SMILES string of the molecule is CCNC(c1ccc2cc(OC)ccc2c1)C(C)(C)CC. The van der Waals surface area contributed by atoms with Gasteiger partial charge in [-0.05, 0) is 52.9 Å². The van der Waals surface area contributed by atoms with Crippen LogP contribution >= 0.6 is 0 Å². The van der Waals surface area contributed by atoms with Crippen molar-refractivity contribution in [2.75, 3.05) is 13.7 Å². The highest BCUT2D eigenvalue weighted by atomic mass is 16.5. The minimum atomic E-state index is 0.232. The minimum Gasteiger partial charge on any atom is -0.497 e. The summed E-state index contributed by atoms with van der Waals surface area (Å²) in [6, 6.07) is 13.4. The van der Waals surface area contributed by atoms with Crippen LogP contribution in [0.25, 0.3) is 10.8 Å². The van der Waals surface area contributed by atoms with Gasteiger partial charge in [0.15, 0.2) is 0 Å². The molecule has 0 saturated heterocycles. The molecule has 0 aliphatic heterocycles. The standard InChI is InChI=1S/C19H27NO/c1-6-19(3,4)18(20-7-2)16-9-8-15-13-17(21-5)11-10-14(15)12-16/h8-13,18,20H,6-7H2,1-5H3. The second-order valence-electron chi connectivity index (χ2n) is 6.31. The summed E-state index contributed by atoms with van der Waals surface area (Å²) in [6.07, 6.45) is 1.14. The Hall–Kier alpha value is -1.54. The fraction of sp³-hybridized carbons (Fsp3) is 0.474. The normalized spacial score (nSPS) is 13.4. The van der Waals surface area contributed by atoms with Crippen molar-refractivity contribution in [1.82, 2.24) is 5.32 Å². The van der Waals surface area contributed by atoms with E-state index in [1.54, 1.807) is 7.11 Å². The van der Waals surface area contributed by atoms with E-state index in [1.807, 2.05) is 6.07 Å². The van der Waals surface area contributed by atoms with Crippen molar-refractivity contribution in [1.29, 1.82) is 0 Å². The average molecular weight is 285 g/mol. The van der Waals surface area contributed by atoms with Crippen molar-refractivity contribution in [3.8, 4) is 5.75 Å². The second-order valence-corrected chi connectivity index (χ2v) is 6.31. The molecule has 2 aromatic rings. The monoisotopic (exact) mass is 285 g/mol. The van der Waals surface area contributed by atoms with Gasteiger partial charge in [-0.2, -0.15) is 0 Å². The third kappa shape index (κ3) is 3.38. The van der Waals surface area contributed by atoms with Gasteiger partial charge in [-0.1, -0.05) is 45.9 Å². The molecular weight excluding hydrogens is 258 g/mol. The summed E-state index contributed by atoms with van der Waals surface area (Å²) in [7, 11) is 1.71. The molecule has 1 N–H and O–H groups in total. The summed E-state index contributed by atoms with van der Waals surface area (Å²) in [5.41, 5.74) is 1.59. The van der Waals surface area contributed by atoms with E-state index in [9.17, 15) is 0 Å². The van der Waals surface area contributed by atoms with Gasteiger partial charge in [-0.25, -0.2) is 0 Å². The number of fused-ring (bicyclic) bond motifs is 1. The molecule has 2 nitrogen and oxygen atoms in total.